The predicted molar refractivity (Wildman–Crippen MR) is 75.5 cm³/mol. The molecule has 0 bridgehead atoms. The molecule has 0 unspecified atom stereocenters. The van der Waals surface area contributed by atoms with Gasteiger partial charge in [-0.3, -0.25) is 0 Å². The van der Waals surface area contributed by atoms with E-state index in [9.17, 15) is 4.79 Å². The smallest absolute Gasteiger partial charge is 0.354 e. The highest BCUT2D eigenvalue weighted by atomic mass is 32.1. The standard InChI is InChI=1S/C14H14N2O2S/c1-14(2)8-16(9-5-6-19-7-9)11-4-3-10(13(17)18)15-12(11)14/h3-7H,8H2,1-2H3,(H,17,18). The minimum atomic E-state index is -0.979. The van der Waals surface area contributed by atoms with Gasteiger partial charge >= 0.3 is 5.97 Å². The number of rotatable bonds is 2. The summed E-state index contributed by atoms with van der Waals surface area (Å²) in [6.07, 6.45) is 0. The summed E-state index contributed by atoms with van der Waals surface area (Å²) in [5.74, 6) is -0.979. The van der Waals surface area contributed by atoms with Gasteiger partial charge in [-0.05, 0) is 23.6 Å². The minimum absolute atomic E-state index is 0.110. The molecule has 3 rings (SSSR count). The maximum absolute atomic E-state index is 11.0. The molecule has 0 aliphatic carbocycles. The number of aromatic nitrogens is 1. The number of hydrogen-bond acceptors (Lipinski definition) is 4. The molecule has 0 aromatic carbocycles. The van der Waals surface area contributed by atoms with Gasteiger partial charge in [-0.2, -0.15) is 11.3 Å². The van der Waals surface area contributed by atoms with E-state index in [-0.39, 0.29) is 11.1 Å². The Morgan fingerprint density at radius 1 is 1.42 bits per heavy atom. The quantitative estimate of drug-likeness (QED) is 0.913. The second-order valence-corrected chi connectivity index (χ2v) is 6.10. The zero-order valence-corrected chi connectivity index (χ0v) is 11.6. The number of pyridine rings is 1. The highest BCUT2D eigenvalue weighted by molar-refractivity contribution is 7.08. The maximum atomic E-state index is 11.0. The van der Waals surface area contributed by atoms with E-state index in [0.29, 0.717) is 0 Å². The average Bonchev–Trinajstić information content (AvgIpc) is 2.96. The number of aromatic carboxylic acids is 1. The SMILES string of the molecule is CC1(C)CN(c2ccsc2)c2ccc(C(=O)O)nc21. The summed E-state index contributed by atoms with van der Waals surface area (Å²) in [7, 11) is 0. The van der Waals surface area contributed by atoms with Crippen molar-refractivity contribution >= 4 is 28.7 Å². The van der Waals surface area contributed by atoms with E-state index in [4.69, 9.17) is 5.11 Å². The molecule has 0 spiro atoms. The fourth-order valence-corrected chi connectivity index (χ4v) is 3.13. The third-order valence-electron chi connectivity index (χ3n) is 3.40. The van der Waals surface area contributed by atoms with Crippen molar-refractivity contribution in [2.75, 3.05) is 11.4 Å². The molecule has 2 aromatic rings. The molecule has 19 heavy (non-hydrogen) atoms. The Morgan fingerprint density at radius 2 is 2.21 bits per heavy atom. The second kappa shape index (κ2) is 4.06. The van der Waals surface area contributed by atoms with E-state index in [2.05, 4.69) is 35.2 Å². The fraction of sp³-hybridized carbons (Fsp3) is 0.286. The second-order valence-electron chi connectivity index (χ2n) is 5.32. The summed E-state index contributed by atoms with van der Waals surface area (Å²) in [5, 5.41) is 13.2. The first-order chi connectivity index (χ1) is 8.99. The van der Waals surface area contributed by atoms with E-state index in [0.717, 1.165) is 23.6 Å². The van der Waals surface area contributed by atoms with Gasteiger partial charge in [-0.25, -0.2) is 9.78 Å². The van der Waals surface area contributed by atoms with Gasteiger partial charge in [0, 0.05) is 17.3 Å². The topological polar surface area (TPSA) is 53.4 Å². The zero-order valence-electron chi connectivity index (χ0n) is 10.8. The summed E-state index contributed by atoms with van der Waals surface area (Å²) in [4.78, 5) is 17.6. The molecule has 2 aromatic heterocycles. The van der Waals surface area contributed by atoms with E-state index >= 15 is 0 Å². The predicted octanol–water partition coefficient (Wildman–Crippen LogP) is 3.27. The van der Waals surface area contributed by atoms with Crippen LogP contribution >= 0.6 is 11.3 Å². The molecule has 0 amide bonds. The van der Waals surface area contributed by atoms with Crippen molar-refractivity contribution in [3.05, 3.63) is 40.3 Å². The lowest BCUT2D eigenvalue weighted by Gasteiger charge is -2.20. The van der Waals surface area contributed by atoms with Crippen LogP contribution in [-0.4, -0.2) is 22.6 Å². The molecular formula is C14H14N2O2S. The van der Waals surface area contributed by atoms with Gasteiger partial charge in [0.05, 0.1) is 17.1 Å². The van der Waals surface area contributed by atoms with E-state index in [1.165, 1.54) is 0 Å². The lowest BCUT2D eigenvalue weighted by atomic mass is 9.91. The van der Waals surface area contributed by atoms with Crippen LogP contribution in [0.15, 0.2) is 29.0 Å². The number of carboxylic acid groups (broad SMARTS) is 1. The summed E-state index contributed by atoms with van der Waals surface area (Å²) >= 11 is 1.65. The number of nitrogens with zero attached hydrogens (tertiary/aromatic N) is 2. The molecule has 0 fully saturated rings. The first-order valence-electron chi connectivity index (χ1n) is 6.03. The summed E-state index contributed by atoms with van der Waals surface area (Å²) in [6.45, 7) is 5.00. The normalized spacial score (nSPS) is 16.4. The van der Waals surface area contributed by atoms with Gasteiger partial charge < -0.3 is 10.0 Å². The van der Waals surface area contributed by atoms with E-state index in [1.54, 1.807) is 17.4 Å². The molecular weight excluding hydrogens is 260 g/mol. The lowest BCUT2D eigenvalue weighted by molar-refractivity contribution is 0.0690. The Balaban J connectivity index is 2.13. The molecule has 0 radical (unpaired) electrons. The Hall–Kier alpha value is -1.88. The van der Waals surface area contributed by atoms with Crippen LogP contribution in [0.4, 0.5) is 11.4 Å². The molecule has 98 valence electrons. The van der Waals surface area contributed by atoms with Crippen LogP contribution in [0.25, 0.3) is 0 Å². The number of anilines is 2. The molecule has 0 atom stereocenters. The first kappa shape index (κ1) is 12.2. The molecule has 1 N–H and O–H groups in total. The van der Waals surface area contributed by atoms with Gasteiger partial charge in [0.25, 0.3) is 0 Å². The Bertz CT molecular complexity index is 635. The highest BCUT2D eigenvalue weighted by Gasteiger charge is 2.37. The van der Waals surface area contributed by atoms with Gasteiger partial charge in [0.2, 0.25) is 0 Å². The monoisotopic (exact) mass is 274 g/mol. The molecule has 1 aliphatic rings. The number of thiophene rings is 1. The van der Waals surface area contributed by atoms with Crippen LogP contribution in [0.5, 0.6) is 0 Å². The summed E-state index contributed by atoms with van der Waals surface area (Å²) in [5.41, 5.74) is 2.97. The van der Waals surface area contributed by atoms with Crippen LogP contribution in [0, 0.1) is 0 Å². The van der Waals surface area contributed by atoms with Crippen molar-refractivity contribution in [1.29, 1.82) is 0 Å². The van der Waals surface area contributed by atoms with Crippen molar-refractivity contribution in [1.82, 2.24) is 4.98 Å². The molecule has 4 nitrogen and oxygen atoms in total. The largest absolute Gasteiger partial charge is 0.477 e. The van der Waals surface area contributed by atoms with Crippen molar-refractivity contribution in [2.24, 2.45) is 0 Å². The lowest BCUT2D eigenvalue weighted by Crippen LogP contribution is -2.25. The number of fused-ring (bicyclic) bond motifs is 1. The number of carbonyl (C=O) groups is 1. The Kier molecular flexibility index (Phi) is 2.60. The van der Waals surface area contributed by atoms with Crippen LogP contribution in [0.2, 0.25) is 0 Å². The van der Waals surface area contributed by atoms with Crippen LogP contribution < -0.4 is 4.90 Å². The van der Waals surface area contributed by atoms with Crippen LogP contribution in [-0.2, 0) is 5.41 Å². The van der Waals surface area contributed by atoms with Crippen LogP contribution in [0.1, 0.15) is 30.0 Å². The Morgan fingerprint density at radius 3 is 2.84 bits per heavy atom. The summed E-state index contributed by atoms with van der Waals surface area (Å²) < 4.78 is 0. The summed E-state index contributed by atoms with van der Waals surface area (Å²) in [6, 6.07) is 5.50. The van der Waals surface area contributed by atoms with Gasteiger partial charge in [-0.1, -0.05) is 13.8 Å². The van der Waals surface area contributed by atoms with Crippen molar-refractivity contribution in [3.63, 3.8) is 0 Å². The highest BCUT2D eigenvalue weighted by Crippen LogP contribution is 2.43. The molecule has 1 aliphatic heterocycles. The number of carboxylic acids is 1. The first-order valence-corrected chi connectivity index (χ1v) is 6.98. The average molecular weight is 274 g/mol. The van der Waals surface area contributed by atoms with Crippen LogP contribution in [0.3, 0.4) is 0 Å². The van der Waals surface area contributed by atoms with Crippen molar-refractivity contribution < 1.29 is 9.90 Å². The van der Waals surface area contributed by atoms with Crippen molar-refractivity contribution in [2.45, 2.75) is 19.3 Å². The molecule has 0 saturated heterocycles. The minimum Gasteiger partial charge on any atom is -0.477 e. The zero-order chi connectivity index (χ0) is 13.6. The van der Waals surface area contributed by atoms with E-state index in [1.807, 2.05) is 11.4 Å². The fourth-order valence-electron chi connectivity index (χ4n) is 2.48. The molecule has 0 saturated carbocycles. The van der Waals surface area contributed by atoms with Gasteiger partial charge in [0.1, 0.15) is 5.69 Å². The third kappa shape index (κ3) is 1.90. The maximum Gasteiger partial charge on any atom is 0.354 e. The van der Waals surface area contributed by atoms with Gasteiger partial charge in [0.15, 0.2) is 0 Å². The van der Waals surface area contributed by atoms with Gasteiger partial charge in [-0.15, -0.1) is 0 Å². The van der Waals surface area contributed by atoms with E-state index < -0.39 is 5.97 Å². The number of hydrogen-bond donors (Lipinski definition) is 1. The molecule has 5 heteroatoms. The Labute approximate surface area is 115 Å². The molecule has 3 heterocycles. The third-order valence-corrected chi connectivity index (χ3v) is 4.07. The van der Waals surface area contributed by atoms with Crippen molar-refractivity contribution in [3.8, 4) is 0 Å².